The van der Waals surface area contributed by atoms with Crippen molar-refractivity contribution in [1.29, 1.82) is 0 Å². The third-order valence-corrected chi connectivity index (χ3v) is 3.63. The Bertz CT molecular complexity index is 873. The van der Waals surface area contributed by atoms with Gasteiger partial charge in [-0.05, 0) is 18.2 Å². The number of alkyl halides is 3. The number of primary amides is 1. The number of rotatable bonds is 9. The fraction of sp³-hybridized carbons (Fsp3) is 0.263. The zero-order chi connectivity index (χ0) is 22.1. The molecule has 8 nitrogen and oxygen atoms in total. The van der Waals surface area contributed by atoms with Crippen molar-refractivity contribution in [1.82, 2.24) is 4.98 Å². The molecular weight excluding hydrogens is 407 g/mol. The van der Waals surface area contributed by atoms with Crippen molar-refractivity contribution in [2.24, 2.45) is 5.73 Å². The first-order chi connectivity index (χ1) is 14.2. The molecule has 0 radical (unpaired) electrons. The molecule has 0 saturated heterocycles. The Morgan fingerprint density at radius 2 is 1.77 bits per heavy atom. The first-order valence-electron chi connectivity index (χ1n) is 8.62. The van der Waals surface area contributed by atoms with E-state index in [0.29, 0.717) is 5.69 Å². The Labute approximate surface area is 169 Å². The monoisotopic (exact) mass is 425 g/mol. The molecule has 11 heteroatoms. The Hall–Kier alpha value is -3.63. The second kappa shape index (κ2) is 10.2. The van der Waals surface area contributed by atoms with Crippen molar-refractivity contribution < 1.29 is 37.0 Å². The minimum Gasteiger partial charge on any atom is -0.468 e. The van der Waals surface area contributed by atoms with Crippen LogP contribution in [0, 0.1) is 0 Å². The fourth-order valence-electron chi connectivity index (χ4n) is 2.26. The van der Waals surface area contributed by atoms with Crippen LogP contribution < -0.4 is 15.4 Å². The number of hydrogen-bond acceptors (Lipinski definition) is 6. The predicted octanol–water partition coefficient (Wildman–Crippen LogP) is 2.09. The van der Waals surface area contributed by atoms with Gasteiger partial charge in [-0.3, -0.25) is 9.59 Å². The van der Waals surface area contributed by atoms with Gasteiger partial charge in [0.25, 0.3) is 5.91 Å². The molecule has 1 aromatic carbocycles. The lowest BCUT2D eigenvalue weighted by molar-refractivity contribution is -0.154. The third-order valence-electron chi connectivity index (χ3n) is 3.63. The number of nitrogens with zero attached hydrogens (tertiary/aromatic N) is 2. The quantitative estimate of drug-likeness (QED) is 0.616. The fourth-order valence-corrected chi connectivity index (χ4v) is 2.26. The lowest BCUT2D eigenvalue weighted by atomic mass is 10.2. The third kappa shape index (κ3) is 7.41. The molecule has 160 valence electrons. The molecule has 0 spiro atoms. The predicted molar refractivity (Wildman–Crippen MR) is 98.7 cm³/mol. The normalized spacial score (nSPS) is 10.9. The van der Waals surface area contributed by atoms with E-state index in [1.54, 1.807) is 30.3 Å². The van der Waals surface area contributed by atoms with Crippen LogP contribution in [-0.4, -0.2) is 48.7 Å². The van der Waals surface area contributed by atoms with Gasteiger partial charge in [-0.25, -0.2) is 9.78 Å². The van der Waals surface area contributed by atoms with Gasteiger partial charge in [0.05, 0.1) is 5.56 Å². The zero-order valence-corrected chi connectivity index (χ0v) is 15.6. The lowest BCUT2D eigenvalue weighted by Crippen LogP contribution is -2.37. The molecule has 2 N–H and O–H groups in total. The summed E-state index contributed by atoms with van der Waals surface area (Å²) < 4.78 is 45.8. The van der Waals surface area contributed by atoms with E-state index in [0.717, 1.165) is 18.3 Å². The SMILES string of the molecule is NC(=O)CCN(C(=O)COC(=O)c1ccc(OCC(F)(F)F)nc1)c1ccccc1. The molecule has 1 heterocycles. The van der Waals surface area contributed by atoms with E-state index in [1.807, 2.05) is 0 Å². The van der Waals surface area contributed by atoms with E-state index in [4.69, 9.17) is 10.5 Å². The van der Waals surface area contributed by atoms with Crippen molar-refractivity contribution in [2.75, 3.05) is 24.7 Å². The minimum atomic E-state index is -4.52. The van der Waals surface area contributed by atoms with Crippen LogP contribution in [0.4, 0.5) is 18.9 Å². The van der Waals surface area contributed by atoms with E-state index >= 15 is 0 Å². The van der Waals surface area contributed by atoms with Crippen LogP contribution in [0.1, 0.15) is 16.8 Å². The molecule has 0 atom stereocenters. The molecule has 2 rings (SSSR count). The van der Waals surface area contributed by atoms with Crippen LogP contribution in [0.25, 0.3) is 0 Å². The van der Waals surface area contributed by atoms with Gasteiger partial charge in [0.1, 0.15) is 0 Å². The maximum Gasteiger partial charge on any atom is 0.422 e. The molecule has 0 saturated carbocycles. The highest BCUT2D eigenvalue weighted by molar-refractivity contribution is 5.97. The molecule has 0 aliphatic heterocycles. The molecule has 0 aliphatic rings. The number of carbonyl (C=O) groups is 3. The van der Waals surface area contributed by atoms with Crippen molar-refractivity contribution in [2.45, 2.75) is 12.6 Å². The maximum absolute atomic E-state index is 12.5. The van der Waals surface area contributed by atoms with Gasteiger partial charge < -0.3 is 20.1 Å². The number of carbonyl (C=O) groups excluding carboxylic acids is 3. The lowest BCUT2D eigenvalue weighted by Gasteiger charge is -2.22. The molecule has 30 heavy (non-hydrogen) atoms. The Kier molecular flexibility index (Phi) is 7.73. The second-order valence-corrected chi connectivity index (χ2v) is 5.96. The standard InChI is InChI=1S/C19H18F3N3O5/c20-19(21,22)12-30-16-7-6-13(10-24-16)18(28)29-11-17(27)25(9-8-15(23)26)14-4-2-1-3-5-14/h1-7,10H,8-9,11-12H2,(H2,23,26). The number of ether oxygens (including phenoxy) is 2. The highest BCUT2D eigenvalue weighted by Crippen LogP contribution is 2.17. The highest BCUT2D eigenvalue weighted by atomic mass is 19.4. The summed E-state index contributed by atoms with van der Waals surface area (Å²) in [6, 6.07) is 10.7. The van der Waals surface area contributed by atoms with Gasteiger partial charge >= 0.3 is 12.1 Å². The summed E-state index contributed by atoms with van der Waals surface area (Å²) >= 11 is 0. The smallest absolute Gasteiger partial charge is 0.422 e. The Morgan fingerprint density at radius 1 is 1.07 bits per heavy atom. The minimum absolute atomic E-state index is 0.00251. The largest absolute Gasteiger partial charge is 0.468 e. The van der Waals surface area contributed by atoms with Crippen LogP contribution in [0.15, 0.2) is 48.7 Å². The number of hydrogen-bond donors (Lipinski definition) is 1. The van der Waals surface area contributed by atoms with Gasteiger partial charge in [0.15, 0.2) is 13.2 Å². The molecule has 2 amide bonds. The highest BCUT2D eigenvalue weighted by Gasteiger charge is 2.28. The van der Waals surface area contributed by atoms with Crippen LogP contribution in [-0.2, 0) is 14.3 Å². The van der Waals surface area contributed by atoms with Gasteiger partial charge in [0, 0.05) is 30.9 Å². The van der Waals surface area contributed by atoms with Crippen molar-refractivity contribution >= 4 is 23.5 Å². The number of anilines is 1. The molecule has 1 aromatic heterocycles. The average Bonchev–Trinajstić information content (AvgIpc) is 2.71. The molecular formula is C19H18F3N3O5. The summed E-state index contributed by atoms with van der Waals surface area (Å²) in [6.45, 7) is -2.14. The van der Waals surface area contributed by atoms with E-state index in [1.165, 1.54) is 4.90 Å². The van der Waals surface area contributed by atoms with E-state index < -0.39 is 37.2 Å². The summed E-state index contributed by atoms with van der Waals surface area (Å²) in [6.07, 6.45) is -3.63. The molecule has 0 fully saturated rings. The summed E-state index contributed by atoms with van der Waals surface area (Å²) in [5, 5.41) is 0. The van der Waals surface area contributed by atoms with E-state index in [2.05, 4.69) is 9.72 Å². The average molecular weight is 425 g/mol. The number of para-hydroxylation sites is 1. The number of benzene rings is 1. The van der Waals surface area contributed by atoms with E-state index in [-0.39, 0.29) is 24.4 Å². The number of halogens is 3. The van der Waals surface area contributed by atoms with Crippen LogP contribution in [0.2, 0.25) is 0 Å². The molecule has 0 aliphatic carbocycles. The number of amides is 2. The van der Waals surface area contributed by atoms with Crippen LogP contribution >= 0.6 is 0 Å². The molecule has 2 aromatic rings. The van der Waals surface area contributed by atoms with Gasteiger partial charge in [0.2, 0.25) is 11.8 Å². The summed E-state index contributed by atoms with van der Waals surface area (Å²) in [4.78, 5) is 40.5. The number of nitrogens with two attached hydrogens (primary N) is 1. The van der Waals surface area contributed by atoms with Crippen molar-refractivity contribution in [3.63, 3.8) is 0 Å². The van der Waals surface area contributed by atoms with Gasteiger partial charge in [-0.15, -0.1) is 0 Å². The number of pyridine rings is 1. The van der Waals surface area contributed by atoms with Gasteiger partial charge in [-0.1, -0.05) is 18.2 Å². The van der Waals surface area contributed by atoms with Crippen molar-refractivity contribution in [3.05, 3.63) is 54.2 Å². The summed E-state index contributed by atoms with van der Waals surface area (Å²) in [5.41, 5.74) is 5.55. The molecule has 0 bridgehead atoms. The summed E-state index contributed by atoms with van der Waals surface area (Å²) in [7, 11) is 0. The first kappa shape index (κ1) is 22.7. The van der Waals surface area contributed by atoms with Crippen LogP contribution in [0.5, 0.6) is 5.88 Å². The Morgan fingerprint density at radius 3 is 2.33 bits per heavy atom. The first-order valence-corrected chi connectivity index (χ1v) is 8.62. The zero-order valence-electron chi connectivity index (χ0n) is 15.6. The maximum atomic E-state index is 12.5. The summed E-state index contributed by atoms with van der Waals surface area (Å²) in [5.74, 6) is -2.41. The second-order valence-electron chi connectivity index (χ2n) is 5.96. The van der Waals surface area contributed by atoms with Gasteiger partial charge in [-0.2, -0.15) is 13.2 Å². The topological polar surface area (TPSA) is 112 Å². The Balaban J connectivity index is 1.95. The van der Waals surface area contributed by atoms with Crippen molar-refractivity contribution in [3.8, 4) is 5.88 Å². The molecule has 0 unspecified atom stereocenters. The number of esters is 1. The number of aromatic nitrogens is 1. The van der Waals surface area contributed by atoms with E-state index in [9.17, 15) is 27.6 Å². The van der Waals surface area contributed by atoms with Crippen LogP contribution in [0.3, 0.4) is 0 Å².